The Bertz CT molecular complexity index is 1330. The van der Waals surface area contributed by atoms with Gasteiger partial charge in [0.05, 0.1) is 0 Å². The van der Waals surface area contributed by atoms with E-state index in [-0.39, 0.29) is 37.5 Å². The topological polar surface area (TPSA) is 78.9 Å². The summed E-state index contributed by atoms with van der Waals surface area (Å²) >= 11 is 0. The van der Waals surface area contributed by atoms with Crippen LogP contribution in [0.3, 0.4) is 0 Å². The van der Waals surface area contributed by atoms with E-state index in [0.717, 1.165) is 83.5 Å². The minimum Gasteiger partial charge on any atom is -0.462 e. The normalized spacial score (nSPS) is 12.7. The molecule has 0 bridgehead atoms. The largest absolute Gasteiger partial charge is 0.462 e. The summed E-state index contributed by atoms with van der Waals surface area (Å²) in [5.74, 6) is -0.980. The van der Waals surface area contributed by atoms with Crippen LogP contribution in [0.2, 0.25) is 0 Å². The third kappa shape index (κ3) is 55.4. The average molecular weight is 962 g/mol. The smallest absolute Gasteiger partial charge is 0.306 e. The summed E-state index contributed by atoms with van der Waals surface area (Å²) in [4.78, 5) is 38.1. The molecule has 0 unspecified atom stereocenters. The summed E-state index contributed by atoms with van der Waals surface area (Å²) < 4.78 is 16.8. The molecule has 1 atom stereocenters. The zero-order valence-corrected chi connectivity index (χ0v) is 45.3. The van der Waals surface area contributed by atoms with E-state index in [4.69, 9.17) is 14.2 Å². The number of unbranched alkanes of at least 4 members (excludes halogenated alkanes) is 27. The van der Waals surface area contributed by atoms with Crippen molar-refractivity contribution in [2.45, 2.75) is 284 Å². The summed E-state index contributed by atoms with van der Waals surface area (Å²) in [5.41, 5.74) is 0. The van der Waals surface area contributed by atoms with Gasteiger partial charge >= 0.3 is 17.9 Å². The Morgan fingerprint density at radius 3 is 0.899 bits per heavy atom. The molecule has 6 nitrogen and oxygen atoms in total. The number of rotatable bonds is 52. The van der Waals surface area contributed by atoms with Crippen molar-refractivity contribution in [2.24, 2.45) is 0 Å². The van der Waals surface area contributed by atoms with Gasteiger partial charge in [0.25, 0.3) is 0 Å². The van der Waals surface area contributed by atoms with Crippen LogP contribution >= 0.6 is 0 Å². The van der Waals surface area contributed by atoms with Gasteiger partial charge in [-0.05, 0) is 116 Å². The summed E-state index contributed by atoms with van der Waals surface area (Å²) in [7, 11) is 0. The van der Waals surface area contributed by atoms with Crippen molar-refractivity contribution in [1.29, 1.82) is 0 Å². The lowest BCUT2D eigenvalue weighted by atomic mass is 10.1. The van der Waals surface area contributed by atoms with E-state index in [1.165, 1.54) is 148 Å². The van der Waals surface area contributed by atoms with Crippen LogP contribution in [0.1, 0.15) is 278 Å². The molecule has 0 N–H and O–H groups in total. The zero-order chi connectivity index (χ0) is 50.0. The van der Waals surface area contributed by atoms with E-state index in [1.807, 2.05) is 0 Å². The minimum absolute atomic E-state index is 0.106. The Kier molecular flexibility index (Phi) is 54.3. The molecule has 0 saturated heterocycles. The van der Waals surface area contributed by atoms with Crippen molar-refractivity contribution >= 4 is 17.9 Å². The molecule has 0 heterocycles. The highest BCUT2D eigenvalue weighted by molar-refractivity contribution is 5.71. The molecule has 0 aromatic rings. The van der Waals surface area contributed by atoms with Crippen LogP contribution in [-0.4, -0.2) is 37.2 Å². The molecule has 0 saturated carbocycles. The maximum atomic E-state index is 12.8. The second-order valence-electron chi connectivity index (χ2n) is 19.2. The van der Waals surface area contributed by atoms with Crippen LogP contribution in [0.25, 0.3) is 0 Å². The Labute approximate surface area is 426 Å². The Morgan fingerprint density at radius 2 is 0.536 bits per heavy atom. The second-order valence-corrected chi connectivity index (χ2v) is 19.2. The number of allylic oxidation sites excluding steroid dienone is 14. The molecule has 0 aromatic carbocycles. The predicted molar refractivity (Wildman–Crippen MR) is 297 cm³/mol. The van der Waals surface area contributed by atoms with E-state index in [9.17, 15) is 14.4 Å². The summed E-state index contributed by atoms with van der Waals surface area (Å²) in [6, 6.07) is 0. The number of hydrogen-bond acceptors (Lipinski definition) is 6. The van der Waals surface area contributed by atoms with Crippen molar-refractivity contribution in [1.82, 2.24) is 0 Å². The van der Waals surface area contributed by atoms with Crippen LogP contribution < -0.4 is 0 Å². The van der Waals surface area contributed by atoms with Crippen LogP contribution in [0.15, 0.2) is 85.1 Å². The van der Waals surface area contributed by atoms with Gasteiger partial charge in [0.15, 0.2) is 6.10 Å². The van der Waals surface area contributed by atoms with Gasteiger partial charge in [-0.1, -0.05) is 228 Å². The van der Waals surface area contributed by atoms with Gasteiger partial charge in [0.2, 0.25) is 0 Å². The molecule has 0 rings (SSSR count). The highest BCUT2D eigenvalue weighted by Crippen LogP contribution is 2.14. The first-order valence-corrected chi connectivity index (χ1v) is 29.1. The number of carbonyl (C=O) groups excluding carboxylic acids is 3. The molecule has 69 heavy (non-hydrogen) atoms. The number of carbonyl (C=O) groups is 3. The summed E-state index contributed by atoms with van der Waals surface area (Å²) in [5, 5.41) is 0. The maximum absolute atomic E-state index is 12.8. The molecule has 0 spiro atoms. The second kappa shape index (κ2) is 57.2. The van der Waals surface area contributed by atoms with Crippen molar-refractivity contribution in [3.8, 4) is 0 Å². The van der Waals surface area contributed by atoms with E-state index >= 15 is 0 Å². The van der Waals surface area contributed by atoms with Crippen LogP contribution in [0, 0.1) is 0 Å². The van der Waals surface area contributed by atoms with E-state index < -0.39 is 6.10 Å². The van der Waals surface area contributed by atoms with Gasteiger partial charge in [0.1, 0.15) is 13.2 Å². The molecular formula is C63H108O6. The lowest BCUT2D eigenvalue weighted by Gasteiger charge is -2.18. The first-order valence-electron chi connectivity index (χ1n) is 29.1. The Hall–Kier alpha value is -3.41. The lowest BCUT2D eigenvalue weighted by Crippen LogP contribution is -2.30. The molecule has 0 aliphatic rings. The van der Waals surface area contributed by atoms with Gasteiger partial charge in [-0.25, -0.2) is 0 Å². The van der Waals surface area contributed by atoms with Crippen molar-refractivity contribution in [3.05, 3.63) is 85.1 Å². The fourth-order valence-corrected chi connectivity index (χ4v) is 7.93. The van der Waals surface area contributed by atoms with E-state index in [0.29, 0.717) is 19.3 Å². The van der Waals surface area contributed by atoms with Gasteiger partial charge in [-0.3, -0.25) is 14.4 Å². The fraction of sp³-hybridized carbons (Fsp3) is 0.730. The molecule has 0 aliphatic heterocycles. The number of esters is 3. The molecule has 0 radical (unpaired) electrons. The molecule has 396 valence electrons. The number of ether oxygens (including phenoxy) is 3. The first kappa shape index (κ1) is 65.6. The number of hydrogen-bond donors (Lipinski definition) is 0. The molecule has 0 aliphatic carbocycles. The predicted octanol–water partition coefficient (Wildman–Crippen LogP) is 19.5. The SMILES string of the molecule is CCCCC/C=C\C/C=C\C/C=C\CCCCCCC(=O)OC[C@H](COC(=O)CCCCCCCCC/C=C\CCCCCCCC)OC(=O)CCC/C=C\C/C=C\C/C=C\CCCCCCCC. The van der Waals surface area contributed by atoms with Crippen LogP contribution in [0.4, 0.5) is 0 Å². The van der Waals surface area contributed by atoms with Crippen LogP contribution in [-0.2, 0) is 28.6 Å². The monoisotopic (exact) mass is 961 g/mol. The maximum Gasteiger partial charge on any atom is 0.306 e. The van der Waals surface area contributed by atoms with Gasteiger partial charge in [0, 0.05) is 19.3 Å². The standard InChI is InChI=1S/C63H108O6/c1-4-7-10-13-16-19-22-25-28-31-34-37-40-43-46-49-52-55-61(64)67-58-60(69-63(66)57-54-51-48-45-42-39-36-33-30-27-24-21-18-15-12-9-6-3)59-68-62(65)56-53-50-47-44-41-38-35-32-29-26-23-20-17-14-11-8-5-2/h16,19,25-30,34,36-37,39,45,48,60H,4-15,17-18,20-24,31-33,35,38,40-44,46-47,49-59H2,1-3H3/b19-16-,28-25-,29-26-,30-27-,37-34-,39-36-,48-45-/t60-/m1/s1. The molecular weight excluding hydrogens is 853 g/mol. The molecule has 6 heteroatoms. The Balaban J connectivity index is 4.50. The molecule has 0 fully saturated rings. The Morgan fingerprint density at radius 1 is 0.290 bits per heavy atom. The third-order valence-corrected chi connectivity index (χ3v) is 12.3. The first-order chi connectivity index (χ1) is 34.0. The lowest BCUT2D eigenvalue weighted by molar-refractivity contribution is -0.167. The third-order valence-electron chi connectivity index (χ3n) is 12.3. The average Bonchev–Trinajstić information content (AvgIpc) is 3.35. The van der Waals surface area contributed by atoms with E-state index in [2.05, 4.69) is 106 Å². The van der Waals surface area contributed by atoms with Crippen LogP contribution in [0.5, 0.6) is 0 Å². The van der Waals surface area contributed by atoms with Gasteiger partial charge < -0.3 is 14.2 Å². The van der Waals surface area contributed by atoms with Gasteiger partial charge in [-0.15, -0.1) is 0 Å². The molecule has 0 aromatic heterocycles. The van der Waals surface area contributed by atoms with Gasteiger partial charge in [-0.2, -0.15) is 0 Å². The quantitative estimate of drug-likeness (QED) is 0.0262. The van der Waals surface area contributed by atoms with Crippen molar-refractivity contribution in [3.63, 3.8) is 0 Å². The van der Waals surface area contributed by atoms with Crippen molar-refractivity contribution in [2.75, 3.05) is 13.2 Å². The highest BCUT2D eigenvalue weighted by Gasteiger charge is 2.19. The highest BCUT2D eigenvalue weighted by atomic mass is 16.6. The summed E-state index contributed by atoms with van der Waals surface area (Å²) in [6.07, 6.45) is 74.3. The fourth-order valence-electron chi connectivity index (χ4n) is 7.93. The molecule has 0 amide bonds. The summed E-state index contributed by atoms with van der Waals surface area (Å²) in [6.45, 7) is 6.55. The van der Waals surface area contributed by atoms with E-state index in [1.54, 1.807) is 0 Å². The van der Waals surface area contributed by atoms with Crippen molar-refractivity contribution < 1.29 is 28.6 Å². The minimum atomic E-state index is -0.815. The zero-order valence-electron chi connectivity index (χ0n) is 45.3.